The third-order valence-corrected chi connectivity index (χ3v) is 2.78. The maximum Gasteiger partial charge on any atom is 0.306 e. The zero-order valence-corrected chi connectivity index (χ0v) is 5.71. The van der Waals surface area contributed by atoms with Gasteiger partial charge >= 0.3 is 5.97 Å². The summed E-state index contributed by atoms with van der Waals surface area (Å²) in [6.07, 6.45) is 0.896. The topological polar surface area (TPSA) is 49.3 Å². The van der Waals surface area contributed by atoms with Crippen LogP contribution in [0.4, 0.5) is 0 Å². The monoisotopic (exact) mass is 141 g/mol. The maximum absolute atomic E-state index is 10.5. The van der Waals surface area contributed by atoms with E-state index in [0.717, 1.165) is 19.5 Å². The molecule has 2 aliphatic rings. The highest BCUT2D eigenvalue weighted by atomic mass is 16.4. The summed E-state index contributed by atoms with van der Waals surface area (Å²) in [5.41, 5.74) is 0. The van der Waals surface area contributed by atoms with Gasteiger partial charge in [-0.25, -0.2) is 0 Å². The number of carboxylic acid groups (broad SMARTS) is 1. The van der Waals surface area contributed by atoms with Crippen molar-refractivity contribution < 1.29 is 9.90 Å². The van der Waals surface area contributed by atoms with Crippen LogP contribution in [0.25, 0.3) is 0 Å². The number of aliphatic carboxylic acids is 1. The van der Waals surface area contributed by atoms with Crippen LogP contribution in [0.3, 0.4) is 0 Å². The van der Waals surface area contributed by atoms with Crippen molar-refractivity contribution in [3.05, 3.63) is 0 Å². The molecule has 2 rings (SSSR count). The molecular weight excluding hydrogens is 130 g/mol. The summed E-state index contributed by atoms with van der Waals surface area (Å²) in [6, 6.07) is 0. The molecule has 3 heteroatoms. The van der Waals surface area contributed by atoms with Crippen molar-refractivity contribution >= 4 is 5.97 Å². The predicted octanol–water partition coefficient (Wildman–Crippen LogP) is -0.0735. The number of hydrogen-bond acceptors (Lipinski definition) is 2. The van der Waals surface area contributed by atoms with Gasteiger partial charge in [-0.15, -0.1) is 0 Å². The van der Waals surface area contributed by atoms with Crippen molar-refractivity contribution in [1.29, 1.82) is 0 Å². The first-order valence-electron chi connectivity index (χ1n) is 3.72. The van der Waals surface area contributed by atoms with Crippen molar-refractivity contribution in [2.24, 2.45) is 17.8 Å². The summed E-state index contributed by atoms with van der Waals surface area (Å²) >= 11 is 0. The Morgan fingerprint density at radius 2 is 2.30 bits per heavy atom. The second-order valence-corrected chi connectivity index (χ2v) is 3.26. The molecule has 3 nitrogen and oxygen atoms in total. The molecule has 2 fully saturated rings. The Kier molecular flexibility index (Phi) is 1.20. The third-order valence-electron chi connectivity index (χ3n) is 2.78. The van der Waals surface area contributed by atoms with Crippen LogP contribution >= 0.6 is 0 Å². The average Bonchev–Trinajstić information content (AvgIpc) is 2.11. The first-order valence-corrected chi connectivity index (χ1v) is 3.72. The lowest BCUT2D eigenvalue weighted by Gasteiger charge is -2.36. The van der Waals surface area contributed by atoms with E-state index in [2.05, 4.69) is 5.32 Å². The Morgan fingerprint density at radius 3 is 2.90 bits per heavy atom. The summed E-state index contributed by atoms with van der Waals surface area (Å²) < 4.78 is 0. The molecule has 0 amide bonds. The second-order valence-electron chi connectivity index (χ2n) is 3.26. The number of rotatable bonds is 1. The molecule has 2 N–H and O–H groups in total. The highest BCUT2D eigenvalue weighted by Crippen LogP contribution is 2.42. The minimum absolute atomic E-state index is 0.0417. The van der Waals surface area contributed by atoms with E-state index in [-0.39, 0.29) is 5.92 Å². The SMILES string of the molecule is O=C(O)[C@@H]1C[C@@H]2CNC[C@@H]21. The van der Waals surface area contributed by atoms with Gasteiger partial charge in [0, 0.05) is 0 Å². The Morgan fingerprint density at radius 1 is 1.50 bits per heavy atom. The molecule has 10 heavy (non-hydrogen) atoms. The van der Waals surface area contributed by atoms with Crippen molar-refractivity contribution in [1.82, 2.24) is 5.32 Å². The Balaban J connectivity index is 2.00. The van der Waals surface area contributed by atoms with Gasteiger partial charge in [0.15, 0.2) is 0 Å². The quantitative estimate of drug-likeness (QED) is 0.537. The molecule has 56 valence electrons. The molecule has 0 unspecified atom stereocenters. The fourth-order valence-corrected chi connectivity index (χ4v) is 2.07. The van der Waals surface area contributed by atoms with E-state index in [1.165, 1.54) is 0 Å². The number of hydrogen-bond donors (Lipinski definition) is 2. The van der Waals surface area contributed by atoms with Crippen LogP contribution in [-0.2, 0) is 4.79 Å². The lowest BCUT2D eigenvalue weighted by atomic mass is 9.67. The minimum Gasteiger partial charge on any atom is -0.481 e. The van der Waals surface area contributed by atoms with Gasteiger partial charge in [-0.3, -0.25) is 4.79 Å². The lowest BCUT2D eigenvalue weighted by molar-refractivity contribution is -0.149. The van der Waals surface area contributed by atoms with Crippen LogP contribution in [0.15, 0.2) is 0 Å². The van der Waals surface area contributed by atoms with Gasteiger partial charge in [-0.05, 0) is 31.3 Å². The van der Waals surface area contributed by atoms with Gasteiger partial charge in [-0.2, -0.15) is 0 Å². The molecule has 0 bridgehead atoms. The van der Waals surface area contributed by atoms with Crippen molar-refractivity contribution in [2.45, 2.75) is 6.42 Å². The highest BCUT2D eigenvalue weighted by molar-refractivity contribution is 5.71. The van der Waals surface area contributed by atoms with E-state index in [1.54, 1.807) is 0 Å². The fraction of sp³-hybridized carbons (Fsp3) is 0.857. The lowest BCUT2D eigenvalue weighted by Crippen LogP contribution is -2.40. The van der Waals surface area contributed by atoms with E-state index in [0.29, 0.717) is 11.8 Å². The molecule has 0 aromatic carbocycles. The normalized spacial score (nSPS) is 44.2. The van der Waals surface area contributed by atoms with E-state index in [4.69, 9.17) is 5.11 Å². The van der Waals surface area contributed by atoms with Crippen molar-refractivity contribution in [3.63, 3.8) is 0 Å². The molecular formula is C7H11NO2. The molecule has 1 heterocycles. The molecule has 0 aromatic rings. The van der Waals surface area contributed by atoms with Crippen LogP contribution in [0.2, 0.25) is 0 Å². The number of carboxylic acids is 1. The summed E-state index contributed by atoms with van der Waals surface area (Å²) in [7, 11) is 0. The molecule has 3 atom stereocenters. The van der Waals surface area contributed by atoms with Gasteiger partial charge in [0.05, 0.1) is 5.92 Å². The third kappa shape index (κ3) is 0.669. The van der Waals surface area contributed by atoms with Gasteiger partial charge in [0.25, 0.3) is 0 Å². The maximum atomic E-state index is 10.5. The van der Waals surface area contributed by atoms with Crippen molar-refractivity contribution in [3.8, 4) is 0 Å². The standard InChI is InChI=1S/C7H11NO2/c9-7(10)5-1-4-2-8-3-6(4)5/h4-6,8H,1-3H2,(H,9,10)/t4-,5-,6+/m1/s1. The smallest absolute Gasteiger partial charge is 0.306 e. The molecule has 1 saturated carbocycles. The molecule has 0 spiro atoms. The van der Waals surface area contributed by atoms with E-state index < -0.39 is 5.97 Å². The Labute approximate surface area is 59.4 Å². The first-order chi connectivity index (χ1) is 4.79. The minimum atomic E-state index is -0.607. The zero-order chi connectivity index (χ0) is 7.14. The second kappa shape index (κ2) is 1.95. The molecule has 0 aromatic heterocycles. The predicted molar refractivity (Wildman–Crippen MR) is 35.6 cm³/mol. The van der Waals surface area contributed by atoms with Crippen LogP contribution in [-0.4, -0.2) is 24.2 Å². The first kappa shape index (κ1) is 6.16. The summed E-state index contributed by atoms with van der Waals surface area (Å²) in [5, 5.41) is 11.9. The van der Waals surface area contributed by atoms with E-state index in [1.807, 2.05) is 0 Å². The largest absolute Gasteiger partial charge is 0.481 e. The fourth-order valence-electron chi connectivity index (χ4n) is 2.07. The summed E-state index contributed by atoms with van der Waals surface area (Å²) in [5.74, 6) is 0.462. The van der Waals surface area contributed by atoms with Crippen molar-refractivity contribution in [2.75, 3.05) is 13.1 Å². The summed E-state index contributed by atoms with van der Waals surface area (Å²) in [6.45, 7) is 1.95. The van der Waals surface area contributed by atoms with Gasteiger partial charge < -0.3 is 10.4 Å². The van der Waals surface area contributed by atoms with Crippen LogP contribution in [0.1, 0.15) is 6.42 Å². The Hall–Kier alpha value is -0.570. The van der Waals surface area contributed by atoms with Gasteiger partial charge in [0.2, 0.25) is 0 Å². The Bertz CT molecular complexity index is 169. The number of nitrogens with one attached hydrogen (secondary N) is 1. The van der Waals surface area contributed by atoms with E-state index >= 15 is 0 Å². The highest BCUT2D eigenvalue weighted by Gasteiger charge is 2.47. The average molecular weight is 141 g/mol. The van der Waals surface area contributed by atoms with Crippen LogP contribution in [0.5, 0.6) is 0 Å². The summed E-state index contributed by atoms with van der Waals surface area (Å²) in [4.78, 5) is 10.5. The van der Waals surface area contributed by atoms with E-state index in [9.17, 15) is 4.79 Å². The number of carbonyl (C=O) groups is 1. The van der Waals surface area contributed by atoms with Crippen LogP contribution < -0.4 is 5.32 Å². The number of fused-ring (bicyclic) bond motifs is 1. The van der Waals surface area contributed by atoms with Gasteiger partial charge in [0.1, 0.15) is 0 Å². The van der Waals surface area contributed by atoms with Crippen LogP contribution in [0, 0.1) is 17.8 Å². The van der Waals surface area contributed by atoms with Gasteiger partial charge in [-0.1, -0.05) is 0 Å². The zero-order valence-electron chi connectivity index (χ0n) is 5.71. The molecule has 1 aliphatic carbocycles. The molecule has 1 saturated heterocycles. The molecule has 1 aliphatic heterocycles. The molecule has 0 radical (unpaired) electrons.